The Kier molecular flexibility index (Phi) is 7.00. The molecule has 190 valence electrons. The third-order valence-corrected chi connectivity index (χ3v) is 6.18. The van der Waals surface area contributed by atoms with E-state index in [1.54, 1.807) is 38.5 Å². The van der Waals surface area contributed by atoms with Crippen molar-refractivity contribution >= 4 is 23.8 Å². The molecule has 0 amide bonds. The van der Waals surface area contributed by atoms with Crippen molar-refractivity contribution in [2.45, 2.75) is 39.7 Å². The highest BCUT2D eigenvalue weighted by Crippen LogP contribution is 2.31. The van der Waals surface area contributed by atoms with Gasteiger partial charge in [0, 0.05) is 73.1 Å². The number of nitrogens with two attached hydrogens (primary N) is 1. The predicted octanol–water partition coefficient (Wildman–Crippen LogP) is 3.45. The lowest BCUT2D eigenvalue weighted by molar-refractivity contribution is -0.140. The number of anilines is 2. The smallest absolute Gasteiger partial charge is 0.314 e. The number of likely N-dealkylation sites (N-methyl/N-ethyl adjacent to an activating group) is 1. The summed E-state index contributed by atoms with van der Waals surface area (Å²) in [5, 5.41) is 26.2. The van der Waals surface area contributed by atoms with E-state index >= 15 is 0 Å². The Labute approximate surface area is 208 Å². The molecule has 1 atom stereocenters. The quantitative estimate of drug-likeness (QED) is 0.232. The third-order valence-electron chi connectivity index (χ3n) is 6.18. The molecule has 3 aromatic rings. The van der Waals surface area contributed by atoms with Crippen molar-refractivity contribution in [2.75, 3.05) is 24.2 Å². The van der Waals surface area contributed by atoms with Crippen LogP contribution in [0.15, 0.2) is 40.5 Å². The molecular formula is C25H31N7O4. The first kappa shape index (κ1) is 24.8. The third kappa shape index (κ3) is 5.04. The molecule has 0 radical (unpaired) electrons. The maximum absolute atomic E-state index is 11.6. The van der Waals surface area contributed by atoms with Crippen LogP contribution in [0.25, 0.3) is 17.3 Å². The summed E-state index contributed by atoms with van der Waals surface area (Å²) in [5.74, 6) is -0.236. The van der Waals surface area contributed by atoms with Crippen LogP contribution in [0.2, 0.25) is 0 Å². The summed E-state index contributed by atoms with van der Waals surface area (Å²) in [7, 11) is 1.78. The number of allylic oxidation sites excluding steroid dienone is 2. The molecule has 0 fully saturated rings. The van der Waals surface area contributed by atoms with Crippen molar-refractivity contribution in [3.8, 4) is 11.3 Å². The molecule has 4 rings (SSSR count). The first-order chi connectivity index (χ1) is 17.2. The minimum Gasteiger partial charge on any atom is -0.513 e. The Bertz CT molecular complexity index is 1300. The van der Waals surface area contributed by atoms with Crippen LogP contribution in [0, 0.1) is 5.92 Å². The molecule has 1 aliphatic rings. The van der Waals surface area contributed by atoms with Crippen molar-refractivity contribution < 1.29 is 19.5 Å². The summed E-state index contributed by atoms with van der Waals surface area (Å²) in [6.45, 7) is 6.54. The van der Waals surface area contributed by atoms with E-state index in [0.29, 0.717) is 41.9 Å². The first-order valence-corrected chi connectivity index (χ1v) is 11.7. The lowest BCUT2D eigenvalue weighted by atomic mass is 9.93. The number of aliphatic hydroxyl groups excluding tert-OH is 1. The molecule has 4 heterocycles. The number of aromatic nitrogens is 4. The van der Waals surface area contributed by atoms with E-state index in [0.717, 1.165) is 28.9 Å². The van der Waals surface area contributed by atoms with E-state index in [9.17, 15) is 15.0 Å². The fourth-order valence-corrected chi connectivity index (χ4v) is 4.37. The fourth-order valence-electron chi connectivity index (χ4n) is 4.37. The molecule has 0 saturated heterocycles. The molecule has 36 heavy (non-hydrogen) atoms. The summed E-state index contributed by atoms with van der Waals surface area (Å²) < 4.78 is 5.33. The van der Waals surface area contributed by atoms with Crippen molar-refractivity contribution in [1.29, 1.82) is 0 Å². The van der Waals surface area contributed by atoms with E-state index in [4.69, 9.17) is 10.3 Å². The second kappa shape index (κ2) is 10.1. The Balaban J connectivity index is 1.56. The monoisotopic (exact) mass is 493 g/mol. The summed E-state index contributed by atoms with van der Waals surface area (Å²) in [4.78, 5) is 26.0. The second-order valence-electron chi connectivity index (χ2n) is 9.16. The number of hydrogen-bond donors (Lipinski definition) is 5. The molecule has 0 aromatic carbocycles. The fraction of sp³-hybridized carbons (Fsp3) is 0.360. The number of carboxylic acid groups (broad SMARTS) is 1. The molecule has 0 spiro atoms. The van der Waals surface area contributed by atoms with Gasteiger partial charge in [-0.2, -0.15) is 0 Å². The predicted molar refractivity (Wildman–Crippen MR) is 136 cm³/mol. The van der Waals surface area contributed by atoms with Gasteiger partial charge < -0.3 is 35.7 Å². The molecule has 11 nitrogen and oxygen atoms in total. The maximum Gasteiger partial charge on any atom is 0.314 e. The number of nitrogens with zero attached hydrogens (tertiary/aromatic N) is 4. The molecule has 1 aliphatic heterocycles. The molecule has 0 aliphatic carbocycles. The van der Waals surface area contributed by atoms with Crippen molar-refractivity contribution in [3.05, 3.63) is 58.6 Å². The summed E-state index contributed by atoms with van der Waals surface area (Å²) in [5.41, 5.74) is 11.1. The van der Waals surface area contributed by atoms with Crippen molar-refractivity contribution in [2.24, 2.45) is 5.92 Å². The number of carboxylic acids is 1. The van der Waals surface area contributed by atoms with Gasteiger partial charge in [0.05, 0.1) is 5.76 Å². The number of aliphatic hydroxyl groups is 1. The largest absolute Gasteiger partial charge is 0.513 e. The number of aromatic amines is 1. The maximum atomic E-state index is 11.6. The summed E-state index contributed by atoms with van der Waals surface area (Å²) in [6, 6.07) is 1.63. The number of carbonyl (C=O) groups is 1. The van der Waals surface area contributed by atoms with Crippen LogP contribution in [0.3, 0.4) is 0 Å². The second-order valence-corrected chi connectivity index (χ2v) is 9.16. The van der Waals surface area contributed by atoms with Gasteiger partial charge >= 0.3 is 5.97 Å². The van der Waals surface area contributed by atoms with Crippen molar-refractivity contribution in [1.82, 2.24) is 25.4 Å². The SMILES string of the molecule is CNC(/C=C(/C)O)=C\c1c(N)[nH]c2c1CN(c1ncc(-c3cc(C(C(=O)O)C(C)C)on3)cn1)CC2. The summed E-state index contributed by atoms with van der Waals surface area (Å²) in [6.07, 6.45) is 7.61. The standard InChI is InChI=1S/C25H31N7O4/c1-13(2)22(24(34)35)21-9-20(31-36-21)15-10-28-25(29-11-15)32-6-5-19-18(12-32)17(23(26)30-19)8-16(27-4)7-14(3)33/h7-11,13,22,27,30,33H,5-6,12,26H2,1-4H3,(H,34,35)/b14-7-,16-8-. The zero-order valence-electron chi connectivity index (χ0n) is 20.7. The normalized spacial score (nSPS) is 15.2. The molecule has 0 bridgehead atoms. The summed E-state index contributed by atoms with van der Waals surface area (Å²) >= 11 is 0. The lowest BCUT2D eigenvalue weighted by Gasteiger charge is -2.27. The van der Waals surface area contributed by atoms with Gasteiger partial charge in [0.2, 0.25) is 5.95 Å². The van der Waals surface area contributed by atoms with Crippen LogP contribution in [0.4, 0.5) is 11.8 Å². The van der Waals surface area contributed by atoms with Gasteiger partial charge in [-0.15, -0.1) is 0 Å². The number of H-pyrrole nitrogens is 1. The van der Waals surface area contributed by atoms with E-state index < -0.39 is 11.9 Å². The molecule has 6 N–H and O–H groups in total. The Morgan fingerprint density at radius 2 is 2.03 bits per heavy atom. The average molecular weight is 494 g/mol. The van der Waals surface area contributed by atoms with E-state index in [-0.39, 0.29) is 11.7 Å². The molecule has 0 saturated carbocycles. The van der Waals surface area contributed by atoms with Gasteiger partial charge in [-0.05, 0) is 25.0 Å². The molecule has 11 heteroatoms. The number of nitrogens with one attached hydrogen (secondary N) is 2. The van der Waals surface area contributed by atoms with Gasteiger partial charge in [-0.25, -0.2) is 9.97 Å². The van der Waals surface area contributed by atoms with Gasteiger partial charge in [0.1, 0.15) is 17.4 Å². The van der Waals surface area contributed by atoms with E-state index in [2.05, 4.69) is 30.3 Å². The van der Waals surface area contributed by atoms with Gasteiger partial charge in [0.25, 0.3) is 0 Å². The minimum absolute atomic E-state index is 0.138. The first-order valence-electron chi connectivity index (χ1n) is 11.7. The van der Waals surface area contributed by atoms with Gasteiger partial charge in [-0.1, -0.05) is 19.0 Å². The van der Waals surface area contributed by atoms with Crippen LogP contribution in [-0.2, 0) is 17.8 Å². The van der Waals surface area contributed by atoms with Crippen LogP contribution < -0.4 is 16.0 Å². The van der Waals surface area contributed by atoms with Crippen LogP contribution >= 0.6 is 0 Å². The number of aliphatic carboxylic acids is 1. The van der Waals surface area contributed by atoms with Crippen molar-refractivity contribution in [3.63, 3.8) is 0 Å². The molecule has 1 unspecified atom stereocenters. The zero-order chi connectivity index (χ0) is 26.0. The number of fused-ring (bicyclic) bond motifs is 1. The number of hydrogen-bond acceptors (Lipinski definition) is 9. The minimum atomic E-state index is -0.951. The highest BCUT2D eigenvalue weighted by Gasteiger charge is 2.28. The van der Waals surface area contributed by atoms with E-state index in [1.165, 1.54) is 0 Å². The number of nitrogen functional groups attached to an aromatic ring is 1. The highest BCUT2D eigenvalue weighted by molar-refractivity contribution is 5.76. The van der Waals surface area contributed by atoms with Gasteiger partial charge in [-0.3, -0.25) is 4.79 Å². The van der Waals surface area contributed by atoms with Gasteiger partial charge in [0.15, 0.2) is 5.76 Å². The Morgan fingerprint density at radius 1 is 1.31 bits per heavy atom. The zero-order valence-corrected chi connectivity index (χ0v) is 20.7. The highest BCUT2D eigenvalue weighted by atomic mass is 16.5. The average Bonchev–Trinajstić information content (AvgIpc) is 3.42. The van der Waals surface area contributed by atoms with Crippen LogP contribution in [-0.4, -0.2) is 49.9 Å². The van der Waals surface area contributed by atoms with E-state index in [1.807, 2.05) is 19.9 Å². The van der Waals surface area contributed by atoms with Crippen LogP contribution in [0.1, 0.15) is 49.3 Å². The Morgan fingerprint density at radius 3 is 2.64 bits per heavy atom. The lowest BCUT2D eigenvalue weighted by Crippen LogP contribution is -2.31. The molecule has 3 aromatic heterocycles. The Hall–Kier alpha value is -4.28. The molecular weight excluding hydrogens is 462 g/mol. The number of rotatable bonds is 8. The van der Waals surface area contributed by atoms with Crippen LogP contribution in [0.5, 0.6) is 0 Å². The topological polar surface area (TPSA) is 166 Å².